The quantitative estimate of drug-likeness (QED) is 0.793. The molecule has 2 rings (SSSR count). The van der Waals surface area contributed by atoms with Gasteiger partial charge in [0.05, 0.1) is 17.4 Å². The highest BCUT2D eigenvalue weighted by atomic mass is 32.2. The van der Waals surface area contributed by atoms with Crippen molar-refractivity contribution in [1.29, 1.82) is 0 Å². The molecule has 1 atom stereocenters. The largest absolute Gasteiger partial charge is 0.481 e. The van der Waals surface area contributed by atoms with Crippen LogP contribution in [0.25, 0.3) is 0 Å². The number of hydrogen-bond donors (Lipinski definition) is 2. The minimum absolute atomic E-state index is 0.119. The molecule has 2 amide bonds. The van der Waals surface area contributed by atoms with Gasteiger partial charge in [-0.25, -0.2) is 0 Å². The monoisotopic (exact) mass is 341 g/mol. The molecule has 0 unspecified atom stereocenters. The lowest BCUT2D eigenvalue weighted by atomic mass is 9.98. The zero-order valence-corrected chi connectivity index (χ0v) is 13.6. The Morgan fingerprint density at radius 2 is 2.26 bits per heavy atom. The van der Waals surface area contributed by atoms with Crippen LogP contribution >= 0.6 is 11.8 Å². The fraction of sp³-hybridized carbons (Fsp3) is 0.571. The molecule has 1 fully saturated rings. The molecule has 0 aromatic carbocycles. The number of nitrogens with zero attached hydrogens (tertiary/aromatic N) is 2. The Balaban J connectivity index is 1.69. The van der Waals surface area contributed by atoms with Gasteiger partial charge in [-0.05, 0) is 19.8 Å². The molecule has 0 bridgehead atoms. The van der Waals surface area contributed by atoms with Crippen LogP contribution in [0.1, 0.15) is 18.6 Å². The SMILES string of the molecule is Cc1cc(NC(=O)CSCC(=O)N2CCC[C@H](C(=O)O)C2)no1. The summed E-state index contributed by atoms with van der Waals surface area (Å²) in [5.41, 5.74) is 0. The molecule has 2 N–H and O–H groups in total. The Morgan fingerprint density at radius 1 is 1.48 bits per heavy atom. The number of anilines is 1. The van der Waals surface area contributed by atoms with E-state index in [0.29, 0.717) is 31.0 Å². The molecule has 0 spiro atoms. The van der Waals surface area contributed by atoms with E-state index >= 15 is 0 Å². The van der Waals surface area contributed by atoms with E-state index in [9.17, 15) is 14.4 Å². The normalized spacial score (nSPS) is 17.8. The summed E-state index contributed by atoms with van der Waals surface area (Å²) in [7, 11) is 0. The molecule has 1 aromatic rings. The van der Waals surface area contributed by atoms with Gasteiger partial charge in [0.1, 0.15) is 5.76 Å². The maximum absolute atomic E-state index is 12.1. The topological polar surface area (TPSA) is 113 Å². The van der Waals surface area contributed by atoms with Crippen LogP contribution in [0.3, 0.4) is 0 Å². The number of piperidine rings is 1. The molecule has 0 aliphatic carbocycles. The van der Waals surface area contributed by atoms with Crippen molar-refractivity contribution in [2.75, 3.05) is 29.9 Å². The molecular formula is C14H19N3O5S. The summed E-state index contributed by atoms with van der Waals surface area (Å²) >= 11 is 1.19. The lowest BCUT2D eigenvalue weighted by molar-refractivity contribution is -0.145. The standard InChI is InChI=1S/C14H19N3O5S/c1-9-5-11(16-22-9)15-12(18)7-23-8-13(19)17-4-2-3-10(6-17)14(20)21/h5,10H,2-4,6-8H2,1H3,(H,20,21)(H,15,16,18)/t10-/m0/s1. The number of carbonyl (C=O) groups excluding carboxylic acids is 2. The van der Waals surface area contributed by atoms with Crippen LogP contribution in [-0.4, -0.2) is 57.5 Å². The second kappa shape index (κ2) is 8.00. The van der Waals surface area contributed by atoms with Crippen LogP contribution in [-0.2, 0) is 14.4 Å². The van der Waals surface area contributed by atoms with Gasteiger partial charge in [-0.2, -0.15) is 0 Å². The third kappa shape index (κ3) is 5.27. The molecule has 1 aromatic heterocycles. The van der Waals surface area contributed by atoms with Gasteiger partial charge in [-0.15, -0.1) is 11.8 Å². The molecule has 1 aliphatic heterocycles. The summed E-state index contributed by atoms with van der Waals surface area (Å²) in [4.78, 5) is 36.3. The first kappa shape index (κ1) is 17.3. The second-order valence-corrected chi connectivity index (χ2v) is 6.37. The van der Waals surface area contributed by atoms with Crippen molar-refractivity contribution in [2.45, 2.75) is 19.8 Å². The van der Waals surface area contributed by atoms with E-state index in [2.05, 4.69) is 10.5 Å². The van der Waals surface area contributed by atoms with Gasteiger partial charge in [0.25, 0.3) is 0 Å². The third-order valence-corrected chi connectivity index (χ3v) is 4.39. The highest BCUT2D eigenvalue weighted by Crippen LogP contribution is 2.18. The molecule has 0 radical (unpaired) electrons. The van der Waals surface area contributed by atoms with Crippen LogP contribution in [0.15, 0.2) is 10.6 Å². The zero-order chi connectivity index (χ0) is 16.8. The van der Waals surface area contributed by atoms with Crippen LogP contribution < -0.4 is 5.32 Å². The summed E-state index contributed by atoms with van der Waals surface area (Å²) in [6.07, 6.45) is 1.30. The lowest BCUT2D eigenvalue weighted by Crippen LogP contribution is -2.43. The van der Waals surface area contributed by atoms with E-state index in [1.54, 1.807) is 17.9 Å². The highest BCUT2D eigenvalue weighted by molar-refractivity contribution is 8.00. The summed E-state index contributed by atoms with van der Waals surface area (Å²) in [6.45, 7) is 2.55. The fourth-order valence-corrected chi connectivity index (χ4v) is 3.05. The molecule has 23 heavy (non-hydrogen) atoms. The number of aryl methyl sites for hydroxylation is 1. The van der Waals surface area contributed by atoms with Gasteiger partial charge in [0.15, 0.2) is 5.82 Å². The second-order valence-electron chi connectivity index (χ2n) is 5.38. The summed E-state index contributed by atoms with van der Waals surface area (Å²) in [5.74, 6) is -0.537. The van der Waals surface area contributed by atoms with Gasteiger partial charge in [-0.1, -0.05) is 5.16 Å². The maximum atomic E-state index is 12.1. The molecule has 1 aliphatic rings. The number of carboxylic acids is 1. The summed E-state index contributed by atoms with van der Waals surface area (Å²) in [6, 6.07) is 1.60. The number of thioether (sulfide) groups is 1. The Morgan fingerprint density at radius 3 is 2.91 bits per heavy atom. The van der Waals surface area contributed by atoms with Gasteiger partial charge in [0.2, 0.25) is 11.8 Å². The molecular weight excluding hydrogens is 322 g/mol. The number of aliphatic carboxylic acids is 1. The smallest absolute Gasteiger partial charge is 0.308 e. The first-order valence-electron chi connectivity index (χ1n) is 7.27. The molecule has 8 nitrogen and oxygen atoms in total. The number of carbonyl (C=O) groups is 3. The van der Waals surface area contributed by atoms with Crippen molar-refractivity contribution >= 4 is 35.4 Å². The maximum Gasteiger partial charge on any atom is 0.308 e. The number of amides is 2. The summed E-state index contributed by atoms with van der Waals surface area (Å²) < 4.78 is 4.84. The predicted molar refractivity (Wildman–Crippen MR) is 84.1 cm³/mol. The number of likely N-dealkylation sites (tertiary alicyclic amines) is 1. The van der Waals surface area contributed by atoms with E-state index in [1.165, 1.54) is 11.8 Å². The molecule has 1 saturated heterocycles. The number of carboxylic acid groups (broad SMARTS) is 1. The Kier molecular flexibility index (Phi) is 6.03. The van der Waals surface area contributed by atoms with Crippen molar-refractivity contribution in [3.8, 4) is 0 Å². The van der Waals surface area contributed by atoms with Crippen LogP contribution in [0, 0.1) is 12.8 Å². The van der Waals surface area contributed by atoms with Crippen molar-refractivity contribution in [2.24, 2.45) is 5.92 Å². The highest BCUT2D eigenvalue weighted by Gasteiger charge is 2.27. The Hall–Kier alpha value is -2.03. The lowest BCUT2D eigenvalue weighted by Gasteiger charge is -2.30. The molecule has 0 saturated carbocycles. The van der Waals surface area contributed by atoms with Gasteiger partial charge in [-0.3, -0.25) is 14.4 Å². The first-order valence-corrected chi connectivity index (χ1v) is 8.42. The van der Waals surface area contributed by atoms with Crippen molar-refractivity contribution in [3.05, 3.63) is 11.8 Å². The molecule has 9 heteroatoms. The van der Waals surface area contributed by atoms with E-state index < -0.39 is 11.9 Å². The van der Waals surface area contributed by atoms with Crippen LogP contribution in [0.2, 0.25) is 0 Å². The van der Waals surface area contributed by atoms with E-state index in [-0.39, 0.29) is 29.9 Å². The number of aromatic nitrogens is 1. The van der Waals surface area contributed by atoms with Crippen molar-refractivity contribution in [1.82, 2.24) is 10.1 Å². The van der Waals surface area contributed by atoms with E-state index in [1.807, 2.05) is 0 Å². The molecule has 2 heterocycles. The van der Waals surface area contributed by atoms with E-state index in [0.717, 1.165) is 0 Å². The number of nitrogens with one attached hydrogen (secondary N) is 1. The average molecular weight is 341 g/mol. The van der Waals surface area contributed by atoms with Gasteiger partial charge >= 0.3 is 5.97 Å². The predicted octanol–water partition coefficient (Wildman–Crippen LogP) is 0.978. The number of rotatable bonds is 6. The fourth-order valence-electron chi connectivity index (χ4n) is 2.33. The minimum atomic E-state index is -0.863. The minimum Gasteiger partial charge on any atom is -0.481 e. The van der Waals surface area contributed by atoms with Crippen molar-refractivity contribution < 1.29 is 24.0 Å². The third-order valence-electron chi connectivity index (χ3n) is 3.48. The van der Waals surface area contributed by atoms with E-state index in [4.69, 9.17) is 9.63 Å². The number of hydrogen-bond acceptors (Lipinski definition) is 6. The van der Waals surface area contributed by atoms with Crippen LogP contribution in [0.5, 0.6) is 0 Å². The van der Waals surface area contributed by atoms with Crippen LogP contribution in [0.4, 0.5) is 5.82 Å². The van der Waals surface area contributed by atoms with Gasteiger partial charge in [0, 0.05) is 19.2 Å². The first-order chi connectivity index (χ1) is 11.0. The van der Waals surface area contributed by atoms with Gasteiger partial charge < -0.3 is 19.8 Å². The Bertz CT molecular complexity index is 589. The Labute approximate surface area is 137 Å². The summed E-state index contributed by atoms with van der Waals surface area (Å²) in [5, 5.41) is 15.2. The molecule has 126 valence electrons. The average Bonchev–Trinajstić information content (AvgIpc) is 2.92. The zero-order valence-electron chi connectivity index (χ0n) is 12.8. The van der Waals surface area contributed by atoms with Crippen molar-refractivity contribution in [3.63, 3.8) is 0 Å².